The molecule has 1 heterocycles. The van der Waals surface area contributed by atoms with Crippen molar-refractivity contribution in [3.05, 3.63) is 35.4 Å². The number of carboxylic acids is 1. The molecule has 1 unspecified atom stereocenters. The third kappa shape index (κ3) is 3.78. The van der Waals surface area contributed by atoms with Crippen LogP contribution < -0.4 is 0 Å². The quantitative estimate of drug-likeness (QED) is 0.808. The lowest BCUT2D eigenvalue weighted by atomic mass is 10.0. The number of carbonyl (C=O) groups is 2. The second-order valence-corrected chi connectivity index (χ2v) is 6.53. The van der Waals surface area contributed by atoms with Gasteiger partial charge in [0.1, 0.15) is 5.25 Å². The molecule has 1 aliphatic rings. The molecule has 1 atom stereocenters. The number of carboxylic acid groups (broad SMARTS) is 1. The lowest BCUT2D eigenvalue weighted by Gasteiger charge is -2.18. The average Bonchev–Trinajstić information content (AvgIpc) is 2.73. The van der Waals surface area contributed by atoms with Crippen LogP contribution in [0, 0.1) is 0 Å². The smallest absolute Gasteiger partial charge is 0.307 e. The van der Waals surface area contributed by atoms with Gasteiger partial charge >= 0.3 is 16.2 Å². The summed E-state index contributed by atoms with van der Waals surface area (Å²) in [5.74, 6) is -1.45. The Hall–Kier alpha value is -1.96. The average molecular weight is 315 g/mol. The molecule has 0 spiro atoms. The summed E-state index contributed by atoms with van der Waals surface area (Å²) < 4.78 is 34.7. The molecule has 1 N–H and O–H groups in total. The van der Waals surface area contributed by atoms with Crippen molar-refractivity contribution in [1.29, 1.82) is 0 Å². The van der Waals surface area contributed by atoms with Gasteiger partial charge in [-0.1, -0.05) is 24.3 Å². The van der Waals surface area contributed by atoms with Gasteiger partial charge < -0.3 is 10.0 Å². The van der Waals surface area contributed by atoms with Crippen molar-refractivity contribution in [3.63, 3.8) is 0 Å². The highest BCUT2D eigenvalue weighted by atomic mass is 32.3. The Morgan fingerprint density at radius 1 is 1.33 bits per heavy atom. The minimum atomic E-state index is -4.75. The number of carbonyl (C=O) groups excluding carboxylic acids is 1. The summed E-state index contributed by atoms with van der Waals surface area (Å²) in [5.41, 5.74) is 1.16. The van der Waals surface area contributed by atoms with Crippen LogP contribution in [0.5, 0.6) is 0 Å². The zero-order valence-corrected chi connectivity index (χ0v) is 11.8. The van der Waals surface area contributed by atoms with Crippen molar-refractivity contribution >= 4 is 22.1 Å². The number of halogens is 1. The van der Waals surface area contributed by atoms with Gasteiger partial charge in [-0.25, -0.2) is 0 Å². The first kappa shape index (κ1) is 15.4. The standard InChI is InChI=1S/C13H14FNO5S/c14-21(19,20)11-6-12(16)15(8-11)7-10-4-2-1-3-9(10)5-13(17)18/h1-4,11H,5-8H2,(H,17,18). The molecular formula is C13H14FNO5S. The monoisotopic (exact) mass is 315 g/mol. The molecule has 0 bridgehead atoms. The summed E-state index contributed by atoms with van der Waals surface area (Å²) in [7, 11) is -4.75. The summed E-state index contributed by atoms with van der Waals surface area (Å²) >= 11 is 0. The number of hydrogen-bond donors (Lipinski definition) is 1. The van der Waals surface area contributed by atoms with Crippen LogP contribution in [0.15, 0.2) is 24.3 Å². The fourth-order valence-corrected chi connectivity index (χ4v) is 3.03. The van der Waals surface area contributed by atoms with E-state index in [-0.39, 0.29) is 25.9 Å². The Morgan fingerprint density at radius 3 is 2.48 bits per heavy atom. The van der Waals surface area contributed by atoms with E-state index in [1.807, 2.05) is 0 Å². The molecule has 114 valence electrons. The van der Waals surface area contributed by atoms with E-state index in [1.54, 1.807) is 24.3 Å². The zero-order valence-electron chi connectivity index (χ0n) is 11.0. The molecular weight excluding hydrogens is 301 g/mol. The molecule has 1 aliphatic heterocycles. The third-order valence-corrected chi connectivity index (χ3v) is 4.51. The van der Waals surface area contributed by atoms with Crippen LogP contribution in [0.1, 0.15) is 17.5 Å². The van der Waals surface area contributed by atoms with Gasteiger partial charge in [-0.2, -0.15) is 8.42 Å². The molecule has 6 nitrogen and oxygen atoms in total. The molecule has 0 radical (unpaired) electrons. The molecule has 0 aromatic heterocycles. The van der Waals surface area contributed by atoms with Gasteiger partial charge in [0.2, 0.25) is 5.91 Å². The van der Waals surface area contributed by atoms with Crippen LogP contribution in [-0.4, -0.2) is 42.1 Å². The van der Waals surface area contributed by atoms with E-state index >= 15 is 0 Å². The number of benzene rings is 1. The lowest BCUT2D eigenvalue weighted by Crippen LogP contribution is -2.27. The zero-order chi connectivity index (χ0) is 15.6. The predicted octanol–water partition coefficient (Wildman–Crippen LogP) is 0.714. The Labute approximate surface area is 121 Å². The van der Waals surface area contributed by atoms with Crippen LogP contribution >= 0.6 is 0 Å². The molecule has 1 aromatic carbocycles. The van der Waals surface area contributed by atoms with Crippen LogP contribution in [0.3, 0.4) is 0 Å². The van der Waals surface area contributed by atoms with Crippen LogP contribution in [0.2, 0.25) is 0 Å². The molecule has 2 rings (SSSR count). The summed E-state index contributed by atoms with van der Waals surface area (Å²) in [6.07, 6.45) is -0.566. The highest BCUT2D eigenvalue weighted by Gasteiger charge is 2.38. The Balaban J connectivity index is 2.16. The van der Waals surface area contributed by atoms with Crippen molar-refractivity contribution in [3.8, 4) is 0 Å². The molecule has 8 heteroatoms. The highest BCUT2D eigenvalue weighted by molar-refractivity contribution is 7.87. The second kappa shape index (κ2) is 5.80. The van der Waals surface area contributed by atoms with Crippen molar-refractivity contribution < 1.29 is 27.0 Å². The molecule has 1 fully saturated rings. The van der Waals surface area contributed by atoms with Crippen molar-refractivity contribution in [2.45, 2.75) is 24.6 Å². The Bertz CT molecular complexity index is 673. The predicted molar refractivity (Wildman–Crippen MR) is 71.6 cm³/mol. The van der Waals surface area contributed by atoms with E-state index in [9.17, 15) is 21.9 Å². The van der Waals surface area contributed by atoms with Gasteiger partial charge in [0.05, 0.1) is 6.42 Å². The molecule has 1 amide bonds. The van der Waals surface area contributed by atoms with E-state index in [4.69, 9.17) is 5.11 Å². The minimum Gasteiger partial charge on any atom is -0.481 e. The maximum atomic E-state index is 12.9. The fraction of sp³-hybridized carbons (Fsp3) is 0.385. The topological polar surface area (TPSA) is 91.8 Å². The first-order chi connectivity index (χ1) is 9.77. The number of nitrogens with zero attached hydrogens (tertiary/aromatic N) is 1. The van der Waals surface area contributed by atoms with Gasteiger partial charge in [0, 0.05) is 19.5 Å². The minimum absolute atomic E-state index is 0.0777. The maximum Gasteiger partial charge on any atom is 0.307 e. The molecule has 1 aromatic rings. The van der Waals surface area contributed by atoms with E-state index in [0.717, 1.165) is 0 Å². The van der Waals surface area contributed by atoms with Gasteiger partial charge in [0.15, 0.2) is 0 Å². The molecule has 21 heavy (non-hydrogen) atoms. The number of amides is 1. The number of aliphatic carboxylic acids is 1. The second-order valence-electron chi connectivity index (χ2n) is 4.92. The highest BCUT2D eigenvalue weighted by Crippen LogP contribution is 2.22. The third-order valence-electron chi connectivity index (χ3n) is 3.40. The molecule has 1 saturated heterocycles. The summed E-state index contributed by atoms with van der Waals surface area (Å²) in [5, 5.41) is 7.51. The van der Waals surface area contributed by atoms with Crippen LogP contribution in [-0.2, 0) is 32.8 Å². The first-order valence-corrected chi connectivity index (χ1v) is 7.72. The fourth-order valence-electron chi connectivity index (χ4n) is 2.33. The van der Waals surface area contributed by atoms with E-state index < -0.39 is 27.3 Å². The van der Waals surface area contributed by atoms with Crippen molar-refractivity contribution in [2.24, 2.45) is 0 Å². The van der Waals surface area contributed by atoms with Gasteiger partial charge in [-0.3, -0.25) is 9.59 Å². The molecule has 0 aliphatic carbocycles. The summed E-state index contributed by atoms with van der Waals surface area (Å²) in [6, 6.07) is 6.68. The van der Waals surface area contributed by atoms with Gasteiger partial charge in [-0.15, -0.1) is 3.89 Å². The number of hydrogen-bond acceptors (Lipinski definition) is 4. The normalized spacial score (nSPS) is 19.0. The van der Waals surface area contributed by atoms with E-state index in [1.165, 1.54) is 4.90 Å². The van der Waals surface area contributed by atoms with Crippen LogP contribution in [0.4, 0.5) is 3.89 Å². The van der Waals surface area contributed by atoms with E-state index in [0.29, 0.717) is 11.1 Å². The molecule has 0 saturated carbocycles. The van der Waals surface area contributed by atoms with Gasteiger partial charge in [0.25, 0.3) is 0 Å². The SMILES string of the molecule is O=C(O)Cc1ccccc1CN1CC(S(=O)(=O)F)CC1=O. The van der Waals surface area contributed by atoms with E-state index in [2.05, 4.69) is 0 Å². The first-order valence-electron chi connectivity index (χ1n) is 6.27. The van der Waals surface area contributed by atoms with Crippen LogP contribution in [0.25, 0.3) is 0 Å². The van der Waals surface area contributed by atoms with Gasteiger partial charge in [-0.05, 0) is 11.1 Å². The summed E-state index contributed by atoms with van der Waals surface area (Å²) in [4.78, 5) is 23.8. The largest absolute Gasteiger partial charge is 0.481 e. The maximum absolute atomic E-state index is 12.9. The van der Waals surface area contributed by atoms with Crippen molar-refractivity contribution in [1.82, 2.24) is 4.90 Å². The Morgan fingerprint density at radius 2 is 1.95 bits per heavy atom. The Kier molecular flexibility index (Phi) is 4.26. The number of rotatable bonds is 5. The lowest BCUT2D eigenvalue weighted by molar-refractivity contribution is -0.136. The van der Waals surface area contributed by atoms with Crippen molar-refractivity contribution in [2.75, 3.05) is 6.54 Å². The summed E-state index contributed by atoms with van der Waals surface area (Å²) in [6.45, 7) is -0.132. The number of likely N-dealkylation sites (tertiary alicyclic amines) is 1.